The van der Waals surface area contributed by atoms with E-state index in [4.69, 9.17) is 16.3 Å². The van der Waals surface area contributed by atoms with Gasteiger partial charge in [0.15, 0.2) is 0 Å². The molecule has 7 atom stereocenters. The normalized spacial score (nSPS) is 36.1. The van der Waals surface area contributed by atoms with Gasteiger partial charge in [-0.05, 0) is 111 Å². The lowest BCUT2D eigenvalue weighted by atomic mass is 9.68. The molecule has 6 rings (SSSR count). The zero-order valence-corrected chi connectivity index (χ0v) is 25.6. The number of nitrogens with one attached hydrogen (secondary N) is 1. The molecule has 6 nitrogen and oxygen atoms in total. The van der Waals surface area contributed by atoms with Gasteiger partial charge in [0.25, 0.3) is 5.91 Å². The van der Waals surface area contributed by atoms with Crippen LogP contribution in [0.1, 0.15) is 67.4 Å². The van der Waals surface area contributed by atoms with Gasteiger partial charge in [-0.2, -0.15) is 0 Å². The molecule has 2 heterocycles. The van der Waals surface area contributed by atoms with Crippen molar-refractivity contribution in [2.75, 3.05) is 24.6 Å². The zero-order valence-electron chi connectivity index (χ0n) is 24.0. The average molecular weight is 597 g/mol. The predicted molar refractivity (Wildman–Crippen MR) is 168 cm³/mol. The van der Waals surface area contributed by atoms with Crippen LogP contribution in [0.25, 0.3) is 0 Å². The van der Waals surface area contributed by atoms with E-state index in [9.17, 15) is 14.1 Å². The van der Waals surface area contributed by atoms with Crippen molar-refractivity contribution in [3.8, 4) is 5.75 Å². The number of carbonyl (C=O) groups is 1. The number of rotatable bonds is 0. The molecule has 1 saturated carbocycles. The largest absolute Gasteiger partial charge is 0.490 e. The monoisotopic (exact) mass is 596 g/mol. The number of allylic oxidation sites excluding steroid dienone is 1. The minimum absolute atomic E-state index is 0.0962. The lowest BCUT2D eigenvalue weighted by Crippen LogP contribution is -2.49. The molecule has 8 heteroatoms. The summed E-state index contributed by atoms with van der Waals surface area (Å²) in [6.07, 6.45) is 9.11. The highest BCUT2D eigenvalue weighted by Gasteiger charge is 2.44. The maximum absolute atomic E-state index is 13.5. The predicted octanol–water partition coefficient (Wildman–Crippen LogP) is 5.55. The highest BCUT2D eigenvalue weighted by atomic mass is 35.5. The Hall–Kier alpha value is -2.48. The molecular formula is C33H41ClN2O4S. The molecule has 2 N–H and O–H groups in total. The number of benzene rings is 2. The smallest absolute Gasteiger partial charge is 0.262 e. The maximum Gasteiger partial charge on any atom is 0.262 e. The molecule has 2 bridgehead atoms. The average Bonchev–Trinajstić information content (AvgIpc) is 3.06. The van der Waals surface area contributed by atoms with E-state index in [1.807, 2.05) is 37.3 Å². The van der Waals surface area contributed by atoms with Crippen molar-refractivity contribution in [2.45, 2.75) is 69.1 Å². The Bertz CT molecular complexity index is 1470. The van der Waals surface area contributed by atoms with Gasteiger partial charge in [0.2, 0.25) is 0 Å². The summed E-state index contributed by atoms with van der Waals surface area (Å²) in [5.74, 6) is 4.88. The second kappa shape index (κ2) is 11.0. The van der Waals surface area contributed by atoms with Crippen LogP contribution in [0.5, 0.6) is 5.75 Å². The van der Waals surface area contributed by atoms with Crippen LogP contribution in [0.3, 0.4) is 0 Å². The Kier molecular flexibility index (Phi) is 7.66. The van der Waals surface area contributed by atoms with Crippen molar-refractivity contribution in [1.82, 2.24) is 4.72 Å². The second-order valence-corrected chi connectivity index (χ2v) is 15.7. The molecule has 1 amide bonds. The third kappa shape index (κ3) is 5.53. The van der Waals surface area contributed by atoms with E-state index in [1.165, 1.54) is 11.1 Å². The number of aryl methyl sites for hydroxylation is 1. The van der Waals surface area contributed by atoms with E-state index in [-0.39, 0.29) is 28.4 Å². The SMILES string of the molecule is C=S1(=O)NC(=O)c2ccc3c(c2)N(C[C@@H]2CC[C@H]2[C@@H](O)/C=C/[C@H](C)C[C@H]1C)C[C@@]1(CCCc2cc(Cl)ccc21)CO3. The van der Waals surface area contributed by atoms with Crippen molar-refractivity contribution < 1.29 is 18.8 Å². The Morgan fingerprint density at radius 3 is 2.78 bits per heavy atom. The Balaban J connectivity index is 1.42. The summed E-state index contributed by atoms with van der Waals surface area (Å²) in [6.45, 7) is 5.96. The van der Waals surface area contributed by atoms with Crippen molar-refractivity contribution in [2.24, 2.45) is 17.8 Å². The van der Waals surface area contributed by atoms with Gasteiger partial charge in [-0.3, -0.25) is 9.52 Å². The number of ether oxygens (including phenoxy) is 1. The fourth-order valence-electron chi connectivity index (χ4n) is 7.33. The second-order valence-electron chi connectivity index (χ2n) is 12.8. The van der Waals surface area contributed by atoms with Crippen LogP contribution in [0.4, 0.5) is 5.69 Å². The van der Waals surface area contributed by atoms with Crippen LogP contribution in [0.2, 0.25) is 5.02 Å². The molecule has 4 aliphatic rings. The maximum atomic E-state index is 13.5. The van der Waals surface area contributed by atoms with Gasteiger partial charge in [-0.1, -0.05) is 36.7 Å². The number of anilines is 1. The Morgan fingerprint density at radius 2 is 2.00 bits per heavy atom. The summed E-state index contributed by atoms with van der Waals surface area (Å²) in [7, 11) is -2.89. The van der Waals surface area contributed by atoms with E-state index in [2.05, 4.69) is 34.5 Å². The van der Waals surface area contributed by atoms with Crippen molar-refractivity contribution >= 4 is 38.8 Å². The minimum Gasteiger partial charge on any atom is -0.490 e. The third-order valence-electron chi connectivity index (χ3n) is 9.93. The molecule has 41 heavy (non-hydrogen) atoms. The number of carbonyl (C=O) groups excluding carboxylic acids is 1. The summed E-state index contributed by atoms with van der Waals surface area (Å²) in [4.78, 5) is 15.8. The molecule has 1 spiro atoms. The number of aliphatic hydroxyl groups excluding tert-OH is 1. The van der Waals surface area contributed by atoms with Crippen LogP contribution < -0.4 is 14.4 Å². The van der Waals surface area contributed by atoms with Gasteiger partial charge in [-0.15, -0.1) is 0 Å². The van der Waals surface area contributed by atoms with Gasteiger partial charge < -0.3 is 14.7 Å². The number of hydrogen-bond acceptors (Lipinski definition) is 5. The van der Waals surface area contributed by atoms with Crippen molar-refractivity contribution in [3.63, 3.8) is 0 Å². The fourth-order valence-corrected chi connectivity index (χ4v) is 8.77. The van der Waals surface area contributed by atoms with E-state index < -0.39 is 15.8 Å². The van der Waals surface area contributed by atoms with Crippen molar-refractivity contribution in [1.29, 1.82) is 0 Å². The number of nitrogens with zero attached hydrogens (tertiary/aromatic N) is 1. The fraction of sp³-hybridized carbons (Fsp3) is 0.515. The standard InChI is InChI=1S/C33H41ClN2O4S/c1-21-6-12-30(37)27-10-7-25(27)18-36-19-33(14-4-5-23-16-26(34)9-11-28(23)33)20-40-31-13-8-24(17-29(31)36)32(38)35-41(3,39)22(2)15-21/h6,8-9,11-13,16-17,21-22,25,27,30,37H,3-5,7,10,14-15,18-20H2,1-2H3,(H,35,38,39)/b12-6+/t21-,22+,25-,27+,30-,33-,41?/m0/s1. The van der Waals surface area contributed by atoms with Crippen LogP contribution in [-0.4, -0.2) is 52.1 Å². The molecule has 0 saturated heterocycles. The highest BCUT2D eigenvalue weighted by Crippen LogP contribution is 2.46. The molecule has 0 radical (unpaired) electrons. The lowest BCUT2D eigenvalue weighted by Gasteiger charge is -2.45. The van der Waals surface area contributed by atoms with Gasteiger partial charge >= 0.3 is 0 Å². The summed E-state index contributed by atoms with van der Waals surface area (Å²) in [5.41, 5.74) is 3.67. The molecular weight excluding hydrogens is 556 g/mol. The lowest BCUT2D eigenvalue weighted by molar-refractivity contribution is 0.0454. The molecule has 220 valence electrons. The van der Waals surface area contributed by atoms with Crippen LogP contribution in [0.15, 0.2) is 48.6 Å². The first-order chi connectivity index (χ1) is 19.5. The summed E-state index contributed by atoms with van der Waals surface area (Å²) >= 11 is 6.40. The van der Waals surface area contributed by atoms with E-state index in [0.717, 1.165) is 61.7 Å². The Labute approximate surface area is 249 Å². The third-order valence-corrected chi connectivity index (χ3v) is 12.2. The van der Waals surface area contributed by atoms with Crippen LogP contribution >= 0.6 is 11.6 Å². The minimum atomic E-state index is -2.89. The quantitative estimate of drug-likeness (QED) is 0.308. The molecule has 2 aromatic rings. The summed E-state index contributed by atoms with van der Waals surface area (Å²) in [6, 6.07) is 11.7. The molecule has 2 aliphatic heterocycles. The summed E-state index contributed by atoms with van der Waals surface area (Å²) in [5, 5.41) is 11.6. The first kappa shape index (κ1) is 28.6. The zero-order chi connectivity index (χ0) is 28.9. The first-order valence-corrected chi connectivity index (χ1v) is 17.1. The topological polar surface area (TPSA) is 78.9 Å². The molecule has 1 unspecified atom stereocenters. The number of hydrogen-bond donors (Lipinski definition) is 2. The number of halogens is 1. The van der Waals surface area contributed by atoms with E-state index >= 15 is 0 Å². The molecule has 2 aliphatic carbocycles. The number of amides is 1. The van der Waals surface area contributed by atoms with E-state index in [0.29, 0.717) is 24.5 Å². The number of fused-ring (bicyclic) bond motifs is 4. The molecule has 2 aromatic carbocycles. The van der Waals surface area contributed by atoms with Crippen LogP contribution in [-0.2, 0) is 21.5 Å². The molecule has 1 fully saturated rings. The number of aliphatic hydroxyl groups is 1. The first-order valence-electron chi connectivity index (χ1n) is 14.9. The van der Waals surface area contributed by atoms with E-state index in [1.54, 1.807) is 6.07 Å². The van der Waals surface area contributed by atoms with Gasteiger partial charge in [0.1, 0.15) is 5.75 Å². The summed E-state index contributed by atoms with van der Waals surface area (Å²) < 4.78 is 22.8. The van der Waals surface area contributed by atoms with Gasteiger partial charge in [-0.25, -0.2) is 4.21 Å². The highest BCUT2D eigenvalue weighted by molar-refractivity contribution is 7.99. The van der Waals surface area contributed by atoms with Gasteiger partial charge in [0, 0.05) is 34.3 Å². The van der Waals surface area contributed by atoms with Gasteiger partial charge in [0.05, 0.1) is 28.1 Å². The Morgan fingerprint density at radius 1 is 1.17 bits per heavy atom. The molecule has 0 aromatic heterocycles. The van der Waals surface area contributed by atoms with Crippen molar-refractivity contribution in [3.05, 3.63) is 70.3 Å². The van der Waals surface area contributed by atoms with Crippen LogP contribution in [0, 0.1) is 17.8 Å².